The van der Waals surface area contributed by atoms with Gasteiger partial charge in [-0.2, -0.15) is 0 Å². The maximum atomic E-state index is 2.38. The fourth-order valence-electron chi connectivity index (χ4n) is 2.21. The van der Waals surface area contributed by atoms with E-state index in [1.165, 1.54) is 29.5 Å². The summed E-state index contributed by atoms with van der Waals surface area (Å²) in [5.41, 5.74) is 4.37. The summed E-state index contributed by atoms with van der Waals surface area (Å²) in [5.74, 6) is 0.857. The van der Waals surface area contributed by atoms with Crippen molar-refractivity contribution in [2.45, 2.75) is 25.2 Å². The van der Waals surface area contributed by atoms with Crippen LogP contribution in [0, 0.1) is 0 Å². The third kappa shape index (κ3) is 2.16. The van der Waals surface area contributed by atoms with Crippen molar-refractivity contribution >= 4 is 0 Å². The monoisotopic (exact) mass is 208 g/mol. The molecule has 0 nitrogen and oxygen atoms in total. The number of hydrogen-bond acceptors (Lipinski definition) is 0. The van der Waals surface area contributed by atoms with Gasteiger partial charge in [0.25, 0.3) is 0 Å². The van der Waals surface area contributed by atoms with Crippen LogP contribution < -0.4 is 0 Å². The van der Waals surface area contributed by atoms with E-state index in [1.807, 2.05) is 0 Å². The molecule has 0 spiro atoms. The average Bonchev–Trinajstić information content (AvgIpc) is 3.15. The van der Waals surface area contributed by atoms with Gasteiger partial charge in [-0.1, -0.05) is 54.6 Å². The van der Waals surface area contributed by atoms with Crippen LogP contribution >= 0.6 is 0 Å². The van der Waals surface area contributed by atoms with Crippen molar-refractivity contribution in [1.82, 2.24) is 0 Å². The van der Waals surface area contributed by atoms with Crippen LogP contribution in [0.3, 0.4) is 0 Å². The quantitative estimate of drug-likeness (QED) is 0.710. The molecule has 1 aliphatic carbocycles. The maximum absolute atomic E-state index is 2.38. The van der Waals surface area contributed by atoms with Crippen LogP contribution in [0.5, 0.6) is 0 Å². The van der Waals surface area contributed by atoms with Crippen molar-refractivity contribution in [3.8, 4) is 0 Å². The van der Waals surface area contributed by atoms with Gasteiger partial charge in [-0.3, -0.25) is 0 Å². The topological polar surface area (TPSA) is 0 Å². The van der Waals surface area contributed by atoms with E-state index >= 15 is 0 Å². The van der Waals surface area contributed by atoms with Crippen LogP contribution in [-0.4, -0.2) is 0 Å². The first-order chi connectivity index (χ1) is 7.92. The molecule has 1 saturated carbocycles. The summed E-state index contributed by atoms with van der Waals surface area (Å²) in [4.78, 5) is 0. The zero-order chi connectivity index (χ0) is 10.8. The summed E-state index contributed by atoms with van der Waals surface area (Å²) in [6.45, 7) is 0. The van der Waals surface area contributed by atoms with Crippen molar-refractivity contribution < 1.29 is 0 Å². The highest BCUT2D eigenvalue weighted by Crippen LogP contribution is 2.40. The summed E-state index contributed by atoms with van der Waals surface area (Å²) in [6.07, 6.45) is 3.82. The van der Waals surface area contributed by atoms with Gasteiger partial charge in [-0.25, -0.2) is 0 Å². The minimum absolute atomic E-state index is 0.857. The fourth-order valence-corrected chi connectivity index (χ4v) is 2.21. The second-order valence-electron chi connectivity index (χ2n) is 4.68. The van der Waals surface area contributed by atoms with Crippen molar-refractivity contribution in [2.24, 2.45) is 0 Å². The molecule has 80 valence electrons. The Balaban J connectivity index is 1.81. The molecule has 1 fully saturated rings. The molecule has 0 heteroatoms. The molecule has 0 amide bonds. The van der Waals surface area contributed by atoms with Crippen LogP contribution in [0.15, 0.2) is 54.6 Å². The van der Waals surface area contributed by atoms with E-state index < -0.39 is 0 Å². The van der Waals surface area contributed by atoms with Gasteiger partial charge in [-0.15, -0.1) is 0 Å². The molecule has 2 aromatic carbocycles. The van der Waals surface area contributed by atoms with Crippen molar-refractivity contribution in [3.05, 3.63) is 71.3 Å². The molecule has 2 aromatic rings. The highest BCUT2D eigenvalue weighted by molar-refractivity contribution is 5.32. The van der Waals surface area contributed by atoms with Gasteiger partial charge in [0.05, 0.1) is 0 Å². The molecular weight excluding hydrogens is 192 g/mol. The second-order valence-corrected chi connectivity index (χ2v) is 4.68. The molecule has 1 aliphatic rings. The maximum Gasteiger partial charge on any atom is -0.00257 e. The Kier molecular flexibility index (Phi) is 2.49. The van der Waals surface area contributed by atoms with E-state index in [1.54, 1.807) is 0 Å². The summed E-state index contributed by atoms with van der Waals surface area (Å²) < 4.78 is 0. The molecule has 0 atom stereocenters. The predicted octanol–water partition coefficient (Wildman–Crippen LogP) is 4.15. The van der Waals surface area contributed by atoms with Gasteiger partial charge in [0.2, 0.25) is 0 Å². The first kappa shape index (κ1) is 9.65. The molecule has 0 N–H and O–H groups in total. The first-order valence-corrected chi connectivity index (χ1v) is 6.04. The normalized spacial score (nSPS) is 15.0. The van der Waals surface area contributed by atoms with Crippen LogP contribution in [0.4, 0.5) is 0 Å². The lowest BCUT2D eigenvalue weighted by Gasteiger charge is -2.04. The Morgan fingerprint density at radius 3 is 2.31 bits per heavy atom. The molecule has 0 heterocycles. The van der Waals surface area contributed by atoms with E-state index in [4.69, 9.17) is 0 Å². The minimum Gasteiger partial charge on any atom is -0.0622 e. The van der Waals surface area contributed by atoms with Crippen LogP contribution in [0.25, 0.3) is 0 Å². The molecular formula is C16H16. The molecule has 3 rings (SSSR count). The van der Waals surface area contributed by atoms with E-state index in [2.05, 4.69) is 54.6 Å². The van der Waals surface area contributed by atoms with Crippen molar-refractivity contribution in [1.29, 1.82) is 0 Å². The third-order valence-electron chi connectivity index (χ3n) is 3.25. The summed E-state index contributed by atoms with van der Waals surface area (Å²) in [7, 11) is 0. The van der Waals surface area contributed by atoms with Gasteiger partial charge >= 0.3 is 0 Å². The Morgan fingerprint density at radius 1 is 0.812 bits per heavy atom. The van der Waals surface area contributed by atoms with E-state index in [0.29, 0.717) is 0 Å². The molecule has 0 aromatic heterocycles. The summed E-state index contributed by atoms with van der Waals surface area (Å²) in [6, 6.07) is 19.8. The predicted molar refractivity (Wildman–Crippen MR) is 67.7 cm³/mol. The van der Waals surface area contributed by atoms with Gasteiger partial charge in [0.15, 0.2) is 0 Å². The number of rotatable bonds is 3. The van der Waals surface area contributed by atoms with Gasteiger partial charge in [-0.05, 0) is 41.9 Å². The molecule has 0 aliphatic heterocycles. The van der Waals surface area contributed by atoms with Gasteiger partial charge in [0, 0.05) is 0 Å². The zero-order valence-corrected chi connectivity index (χ0v) is 9.39. The van der Waals surface area contributed by atoms with E-state index in [9.17, 15) is 0 Å². The zero-order valence-electron chi connectivity index (χ0n) is 9.39. The second kappa shape index (κ2) is 4.13. The van der Waals surface area contributed by atoms with Gasteiger partial charge in [0.1, 0.15) is 0 Å². The molecule has 16 heavy (non-hydrogen) atoms. The molecule has 0 saturated heterocycles. The van der Waals surface area contributed by atoms with Crippen LogP contribution in [0.2, 0.25) is 0 Å². The summed E-state index contributed by atoms with van der Waals surface area (Å²) in [5, 5.41) is 0. The molecule has 0 radical (unpaired) electrons. The Bertz CT molecular complexity index is 466. The molecule has 0 unspecified atom stereocenters. The van der Waals surface area contributed by atoms with Crippen molar-refractivity contribution in [3.63, 3.8) is 0 Å². The number of benzene rings is 2. The number of hydrogen-bond donors (Lipinski definition) is 0. The van der Waals surface area contributed by atoms with E-state index in [-0.39, 0.29) is 0 Å². The average molecular weight is 208 g/mol. The first-order valence-electron chi connectivity index (χ1n) is 6.04. The lowest BCUT2D eigenvalue weighted by Crippen LogP contribution is -1.89. The van der Waals surface area contributed by atoms with Crippen LogP contribution in [0.1, 0.15) is 35.4 Å². The SMILES string of the molecule is c1ccc(Cc2cccc(C3CC3)c2)cc1. The summed E-state index contributed by atoms with van der Waals surface area (Å²) >= 11 is 0. The Hall–Kier alpha value is -1.56. The highest BCUT2D eigenvalue weighted by atomic mass is 14.3. The third-order valence-corrected chi connectivity index (χ3v) is 3.25. The standard InChI is InChI=1S/C16H16/c1-2-5-13(6-3-1)11-14-7-4-8-16(12-14)15-9-10-15/h1-8,12,15H,9-11H2. The Labute approximate surface area is 96.9 Å². The Morgan fingerprint density at radius 2 is 1.56 bits per heavy atom. The lowest BCUT2D eigenvalue weighted by atomic mass is 10.0. The molecule has 0 bridgehead atoms. The largest absolute Gasteiger partial charge is 0.0622 e. The van der Waals surface area contributed by atoms with Gasteiger partial charge < -0.3 is 0 Å². The van der Waals surface area contributed by atoms with Crippen molar-refractivity contribution in [2.75, 3.05) is 0 Å². The van der Waals surface area contributed by atoms with E-state index in [0.717, 1.165) is 12.3 Å². The smallest absolute Gasteiger partial charge is 0.00257 e. The highest BCUT2D eigenvalue weighted by Gasteiger charge is 2.23. The van der Waals surface area contributed by atoms with Crippen LogP contribution in [-0.2, 0) is 6.42 Å². The minimum atomic E-state index is 0.857. The lowest BCUT2D eigenvalue weighted by molar-refractivity contribution is 1.10. The fraction of sp³-hybridized carbons (Fsp3) is 0.250.